The van der Waals surface area contributed by atoms with Crippen LogP contribution in [-0.2, 0) is 4.79 Å². The Labute approximate surface area is 120 Å². The third-order valence-corrected chi connectivity index (χ3v) is 3.77. The molecule has 2 rings (SSSR count). The van der Waals surface area contributed by atoms with Crippen LogP contribution in [0.4, 0.5) is 0 Å². The van der Waals surface area contributed by atoms with Gasteiger partial charge in [-0.3, -0.25) is 10.2 Å². The summed E-state index contributed by atoms with van der Waals surface area (Å²) in [6, 6.07) is 8.31. The van der Waals surface area contributed by atoms with Gasteiger partial charge in [0.2, 0.25) is 5.91 Å². The fourth-order valence-corrected chi connectivity index (χ4v) is 2.84. The summed E-state index contributed by atoms with van der Waals surface area (Å²) < 4.78 is 0. The van der Waals surface area contributed by atoms with E-state index in [0.717, 1.165) is 5.56 Å². The molecule has 0 aromatic heterocycles. The summed E-state index contributed by atoms with van der Waals surface area (Å²) in [4.78, 5) is 11.6. The summed E-state index contributed by atoms with van der Waals surface area (Å²) in [5.41, 5.74) is 2.47. The van der Waals surface area contributed by atoms with E-state index >= 15 is 0 Å². The van der Waals surface area contributed by atoms with Crippen molar-refractivity contribution in [2.75, 3.05) is 0 Å². The third-order valence-electron chi connectivity index (χ3n) is 3.77. The van der Waals surface area contributed by atoms with Gasteiger partial charge in [-0.1, -0.05) is 43.5 Å². The van der Waals surface area contributed by atoms with Crippen LogP contribution in [0.2, 0.25) is 0 Å². The highest BCUT2D eigenvalue weighted by Crippen LogP contribution is 2.34. The molecule has 20 heavy (non-hydrogen) atoms. The molecule has 106 valence electrons. The predicted molar refractivity (Wildman–Crippen MR) is 82.8 cm³/mol. The standard InChI is InChI=1S/C17H22N2O/c1-13(18)19-17(20)12-11-15-9-5-6-10-16(15)14-7-3-2-4-8-14/h5-6,9-12,14H,2-4,7-8H2,1H3,(H2,18,19,20)/b12-11+. The summed E-state index contributed by atoms with van der Waals surface area (Å²) in [7, 11) is 0. The summed E-state index contributed by atoms with van der Waals surface area (Å²) in [5.74, 6) is 0.549. The maximum absolute atomic E-state index is 11.6. The first kappa shape index (κ1) is 14.5. The van der Waals surface area contributed by atoms with Gasteiger partial charge in [-0.25, -0.2) is 0 Å². The Kier molecular flexibility index (Phi) is 5.10. The molecule has 1 fully saturated rings. The molecule has 0 unspecified atom stereocenters. The molecule has 1 aliphatic rings. The van der Waals surface area contributed by atoms with E-state index in [1.807, 2.05) is 12.1 Å². The molecule has 1 saturated carbocycles. The van der Waals surface area contributed by atoms with Crippen molar-refractivity contribution in [3.05, 3.63) is 41.5 Å². The van der Waals surface area contributed by atoms with Gasteiger partial charge in [0.25, 0.3) is 0 Å². The average molecular weight is 270 g/mol. The minimum absolute atomic E-state index is 0.167. The van der Waals surface area contributed by atoms with Crippen molar-refractivity contribution in [1.29, 1.82) is 5.41 Å². The fraction of sp³-hybridized carbons (Fsp3) is 0.412. The van der Waals surface area contributed by atoms with Crippen LogP contribution in [0.25, 0.3) is 6.08 Å². The maximum Gasteiger partial charge on any atom is 0.249 e. The molecule has 0 bridgehead atoms. The van der Waals surface area contributed by atoms with E-state index in [-0.39, 0.29) is 11.7 Å². The Morgan fingerprint density at radius 3 is 2.65 bits per heavy atom. The number of amidine groups is 1. The van der Waals surface area contributed by atoms with Crippen molar-refractivity contribution >= 4 is 17.8 Å². The lowest BCUT2D eigenvalue weighted by atomic mass is 9.82. The predicted octanol–water partition coefficient (Wildman–Crippen LogP) is 3.86. The molecule has 1 aromatic rings. The monoisotopic (exact) mass is 270 g/mol. The second kappa shape index (κ2) is 7.04. The topological polar surface area (TPSA) is 53.0 Å². The second-order valence-electron chi connectivity index (χ2n) is 5.41. The van der Waals surface area contributed by atoms with Gasteiger partial charge in [-0.05, 0) is 42.9 Å². The third kappa shape index (κ3) is 4.05. The quantitative estimate of drug-likeness (QED) is 0.489. The highest BCUT2D eigenvalue weighted by Gasteiger charge is 2.17. The number of rotatable bonds is 3. The SMILES string of the molecule is CC(=N)NC(=O)/C=C/c1ccccc1C1CCCCC1. The van der Waals surface area contributed by atoms with Gasteiger partial charge in [0, 0.05) is 6.08 Å². The Balaban J connectivity index is 2.13. The largest absolute Gasteiger partial charge is 0.311 e. The van der Waals surface area contributed by atoms with E-state index in [4.69, 9.17) is 5.41 Å². The summed E-state index contributed by atoms with van der Waals surface area (Å²) in [6.07, 6.45) is 9.82. The number of carbonyl (C=O) groups excluding carboxylic acids is 1. The van der Waals surface area contributed by atoms with Gasteiger partial charge in [0.1, 0.15) is 0 Å². The molecule has 0 spiro atoms. The second-order valence-corrected chi connectivity index (χ2v) is 5.41. The number of amides is 1. The van der Waals surface area contributed by atoms with E-state index < -0.39 is 0 Å². The van der Waals surface area contributed by atoms with E-state index in [2.05, 4.69) is 23.5 Å². The molecule has 0 radical (unpaired) electrons. The lowest BCUT2D eigenvalue weighted by Crippen LogP contribution is -2.25. The van der Waals surface area contributed by atoms with Gasteiger partial charge in [-0.2, -0.15) is 0 Å². The summed E-state index contributed by atoms with van der Waals surface area (Å²) in [5, 5.41) is 9.71. The van der Waals surface area contributed by atoms with Crippen molar-refractivity contribution in [2.45, 2.75) is 44.9 Å². The van der Waals surface area contributed by atoms with E-state index in [1.54, 1.807) is 6.92 Å². The zero-order valence-corrected chi connectivity index (χ0v) is 12.0. The van der Waals surface area contributed by atoms with E-state index in [9.17, 15) is 4.79 Å². The molecule has 0 saturated heterocycles. The van der Waals surface area contributed by atoms with Gasteiger partial charge >= 0.3 is 0 Å². The number of benzene rings is 1. The zero-order chi connectivity index (χ0) is 14.4. The van der Waals surface area contributed by atoms with Crippen LogP contribution in [0.15, 0.2) is 30.3 Å². The van der Waals surface area contributed by atoms with Crippen LogP contribution in [-0.4, -0.2) is 11.7 Å². The van der Waals surface area contributed by atoms with Crippen LogP contribution in [0, 0.1) is 5.41 Å². The lowest BCUT2D eigenvalue weighted by Gasteiger charge is -2.23. The lowest BCUT2D eigenvalue weighted by molar-refractivity contribution is -0.115. The molecule has 1 aliphatic carbocycles. The van der Waals surface area contributed by atoms with Gasteiger partial charge in [-0.15, -0.1) is 0 Å². The zero-order valence-electron chi connectivity index (χ0n) is 12.0. The first-order valence-corrected chi connectivity index (χ1v) is 7.30. The van der Waals surface area contributed by atoms with Gasteiger partial charge in [0.15, 0.2) is 0 Å². The van der Waals surface area contributed by atoms with Crippen molar-refractivity contribution in [3.8, 4) is 0 Å². The van der Waals surface area contributed by atoms with Crippen LogP contribution in [0.1, 0.15) is 56.1 Å². The molecular formula is C17H22N2O. The molecule has 3 heteroatoms. The van der Waals surface area contributed by atoms with Crippen molar-refractivity contribution < 1.29 is 4.79 Å². The van der Waals surface area contributed by atoms with E-state index in [1.165, 1.54) is 43.7 Å². The first-order chi connectivity index (χ1) is 9.66. The molecule has 1 aromatic carbocycles. The molecule has 0 aliphatic heterocycles. The number of hydrogen-bond donors (Lipinski definition) is 2. The molecule has 3 nitrogen and oxygen atoms in total. The van der Waals surface area contributed by atoms with Crippen LogP contribution >= 0.6 is 0 Å². The highest BCUT2D eigenvalue weighted by atomic mass is 16.1. The highest BCUT2D eigenvalue weighted by molar-refractivity contribution is 6.03. The smallest absolute Gasteiger partial charge is 0.249 e. The Morgan fingerprint density at radius 1 is 1.25 bits per heavy atom. The van der Waals surface area contributed by atoms with Crippen molar-refractivity contribution in [1.82, 2.24) is 5.32 Å². The Morgan fingerprint density at radius 2 is 1.95 bits per heavy atom. The number of hydrogen-bond acceptors (Lipinski definition) is 2. The Hall–Kier alpha value is -1.90. The van der Waals surface area contributed by atoms with E-state index in [0.29, 0.717) is 5.92 Å². The van der Waals surface area contributed by atoms with Crippen LogP contribution < -0.4 is 5.32 Å². The summed E-state index contributed by atoms with van der Waals surface area (Å²) >= 11 is 0. The molecule has 1 amide bonds. The normalized spacial score (nSPS) is 16.2. The minimum atomic E-state index is -0.240. The fourth-order valence-electron chi connectivity index (χ4n) is 2.84. The first-order valence-electron chi connectivity index (χ1n) is 7.30. The Bertz CT molecular complexity index is 513. The van der Waals surface area contributed by atoms with Gasteiger partial charge < -0.3 is 5.32 Å². The molecule has 0 atom stereocenters. The summed E-state index contributed by atoms with van der Waals surface area (Å²) in [6.45, 7) is 1.56. The molecule has 2 N–H and O–H groups in total. The number of carbonyl (C=O) groups is 1. The van der Waals surface area contributed by atoms with Crippen LogP contribution in [0.3, 0.4) is 0 Å². The van der Waals surface area contributed by atoms with Crippen LogP contribution in [0.5, 0.6) is 0 Å². The van der Waals surface area contributed by atoms with Gasteiger partial charge in [0.05, 0.1) is 5.84 Å². The molecule has 0 heterocycles. The average Bonchev–Trinajstić information content (AvgIpc) is 2.46. The van der Waals surface area contributed by atoms with Crippen molar-refractivity contribution in [2.24, 2.45) is 0 Å². The number of nitrogens with one attached hydrogen (secondary N) is 2. The minimum Gasteiger partial charge on any atom is -0.311 e. The van der Waals surface area contributed by atoms with Crippen molar-refractivity contribution in [3.63, 3.8) is 0 Å². The molecular weight excluding hydrogens is 248 g/mol. The maximum atomic E-state index is 11.6.